The maximum Gasteiger partial charge on any atom is 0.268 e. The Kier molecular flexibility index (Phi) is 2.40. The molecule has 0 aliphatic heterocycles. The summed E-state index contributed by atoms with van der Waals surface area (Å²) in [5, 5.41) is 8.73. The van der Waals surface area contributed by atoms with Gasteiger partial charge in [0.1, 0.15) is 0 Å². The van der Waals surface area contributed by atoms with Crippen molar-refractivity contribution in [1.82, 2.24) is 0 Å². The molecule has 0 unspecified atom stereocenters. The van der Waals surface area contributed by atoms with E-state index in [9.17, 15) is 8.42 Å². The Balaban J connectivity index is 2.68. The van der Waals surface area contributed by atoms with Gasteiger partial charge in [0.15, 0.2) is 0 Å². The minimum absolute atomic E-state index is 0.160. The maximum absolute atomic E-state index is 11.0. The summed E-state index contributed by atoms with van der Waals surface area (Å²) in [6, 6.07) is 2.05. The molecule has 1 saturated carbocycles. The Morgan fingerprint density at radius 1 is 1.58 bits per heavy atom. The van der Waals surface area contributed by atoms with Crippen LogP contribution in [0.3, 0.4) is 0 Å². The van der Waals surface area contributed by atoms with Gasteiger partial charge in [0.2, 0.25) is 0 Å². The molecule has 0 aromatic heterocycles. The van der Waals surface area contributed by atoms with Crippen LogP contribution in [0.1, 0.15) is 19.3 Å². The SMILES string of the molecule is COS(=O)(=O)CC1(C#N)CCC1. The molecule has 0 heterocycles. The number of rotatable bonds is 3. The lowest BCUT2D eigenvalue weighted by Gasteiger charge is -2.33. The summed E-state index contributed by atoms with van der Waals surface area (Å²) in [6.45, 7) is 0. The molecule has 68 valence electrons. The van der Waals surface area contributed by atoms with Crippen LogP contribution in [-0.2, 0) is 14.3 Å². The van der Waals surface area contributed by atoms with Gasteiger partial charge in [-0.1, -0.05) is 6.42 Å². The van der Waals surface area contributed by atoms with E-state index in [1.54, 1.807) is 0 Å². The van der Waals surface area contributed by atoms with Gasteiger partial charge in [-0.3, -0.25) is 4.18 Å². The Morgan fingerprint density at radius 2 is 2.17 bits per heavy atom. The molecule has 1 fully saturated rings. The molecule has 12 heavy (non-hydrogen) atoms. The Bertz CT molecular complexity index is 297. The predicted molar refractivity (Wildman–Crippen MR) is 42.7 cm³/mol. The first-order valence-electron chi connectivity index (χ1n) is 3.73. The summed E-state index contributed by atoms with van der Waals surface area (Å²) in [5.41, 5.74) is -0.658. The first kappa shape index (κ1) is 9.49. The van der Waals surface area contributed by atoms with E-state index >= 15 is 0 Å². The van der Waals surface area contributed by atoms with E-state index in [1.165, 1.54) is 0 Å². The lowest BCUT2D eigenvalue weighted by atomic mass is 9.72. The number of hydrogen-bond donors (Lipinski definition) is 0. The first-order valence-corrected chi connectivity index (χ1v) is 5.31. The average molecular weight is 189 g/mol. The molecule has 4 nitrogen and oxygen atoms in total. The molecule has 0 saturated heterocycles. The Hall–Kier alpha value is -0.600. The molecule has 1 rings (SSSR count). The molecule has 0 aromatic rings. The molecule has 0 spiro atoms. The highest BCUT2D eigenvalue weighted by molar-refractivity contribution is 7.86. The van der Waals surface area contributed by atoms with Crippen LogP contribution in [0, 0.1) is 16.7 Å². The third-order valence-corrected chi connectivity index (χ3v) is 3.67. The van der Waals surface area contributed by atoms with Crippen molar-refractivity contribution in [3.8, 4) is 6.07 Å². The zero-order valence-corrected chi connectivity index (χ0v) is 7.73. The minimum atomic E-state index is -3.47. The van der Waals surface area contributed by atoms with Crippen LogP contribution in [0.15, 0.2) is 0 Å². The molecule has 1 aliphatic rings. The van der Waals surface area contributed by atoms with Gasteiger partial charge in [-0.2, -0.15) is 13.7 Å². The smallest absolute Gasteiger partial charge is 0.268 e. The second-order valence-electron chi connectivity index (χ2n) is 3.11. The third kappa shape index (κ3) is 1.76. The second-order valence-corrected chi connectivity index (χ2v) is 4.85. The van der Waals surface area contributed by atoms with Crippen LogP contribution in [0.25, 0.3) is 0 Å². The minimum Gasteiger partial charge on any atom is -0.273 e. The van der Waals surface area contributed by atoms with E-state index in [4.69, 9.17) is 5.26 Å². The summed E-state index contributed by atoms with van der Waals surface area (Å²) in [5.74, 6) is -0.160. The van der Waals surface area contributed by atoms with Gasteiger partial charge in [-0.25, -0.2) is 0 Å². The summed E-state index contributed by atoms with van der Waals surface area (Å²) in [7, 11) is -2.35. The predicted octanol–water partition coefficient (Wildman–Crippen LogP) is 0.656. The van der Waals surface area contributed by atoms with Crippen LogP contribution in [-0.4, -0.2) is 21.3 Å². The fraction of sp³-hybridized carbons (Fsp3) is 0.857. The number of hydrogen-bond acceptors (Lipinski definition) is 4. The fourth-order valence-electron chi connectivity index (χ4n) is 1.29. The van der Waals surface area contributed by atoms with Crippen molar-refractivity contribution in [2.75, 3.05) is 12.9 Å². The Labute approximate surface area is 72.3 Å². The number of nitrogens with zero attached hydrogens (tertiary/aromatic N) is 1. The topological polar surface area (TPSA) is 67.2 Å². The largest absolute Gasteiger partial charge is 0.273 e. The third-order valence-electron chi connectivity index (χ3n) is 2.25. The van der Waals surface area contributed by atoms with Crippen molar-refractivity contribution in [2.24, 2.45) is 5.41 Å². The van der Waals surface area contributed by atoms with Crippen molar-refractivity contribution in [2.45, 2.75) is 19.3 Å². The maximum atomic E-state index is 11.0. The zero-order valence-electron chi connectivity index (χ0n) is 6.91. The fourth-order valence-corrected chi connectivity index (χ4v) is 2.44. The van der Waals surface area contributed by atoms with Gasteiger partial charge in [0.05, 0.1) is 24.3 Å². The van der Waals surface area contributed by atoms with Crippen LogP contribution < -0.4 is 0 Å². The van der Waals surface area contributed by atoms with Crippen molar-refractivity contribution in [1.29, 1.82) is 5.26 Å². The molecule has 0 bridgehead atoms. The van der Waals surface area contributed by atoms with Crippen LogP contribution >= 0.6 is 0 Å². The van der Waals surface area contributed by atoms with E-state index in [-0.39, 0.29) is 5.75 Å². The Morgan fingerprint density at radius 3 is 2.42 bits per heavy atom. The van der Waals surface area contributed by atoms with Crippen LogP contribution in [0.2, 0.25) is 0 Å². The molecular formula is C7H11NO3S. The standard InChI is InChI=1S/C7H11NO3S/c1-11-12(9,10)6-7(5-8)3-2-4-7/h2-4,6H2,1H3. The molecule has 1 aliphatic carbocycles. The summed E-state index contributed by atoms with van der Waals surface area (Å²) in [4.78, 5) is 0. The van der Waals surface area contributed by atoms with E-state index in [0.29, 0.717) is 12.8 Å². The van der Waals surface area contributed by atoms with Gasteiger partial charge in [0, 0.05) is 0 Å². The second kappa shape index (κ2) is 3.04. The van der Waals surface area contributed by atoms with Crippen LogP contribution in [0.4, 0.5) is 0 Å². The van der Waals surface area contributed by atoms with Crippen molar-refractivity contribution < 1.29 is 12.6 Å². The molecule has 0 N–H and O–H groups in total. The highest BCUT2D eigenvalue weighted by Gasteiger charge is 2.41. The lowest BCUT2D eigenvalue weighted by molar-refractivity contribution is 0.239. The van der Waals surface area contributed by atoms with Crippen LogP contribution in [0.5, 0.6) is 0 Å². The summed E-state index contributed by atoms with van der Waals surface area (Å²) >= 11 is 0. The van der Waals surface area contributed by atoms with Crippen molar-refractivity contribution in [3.05, 3.63) is 0 Å². The molecular weight excluding hydrogens is 178 g/mol. The molecule has 0 atom stereocenters. The van der Waals surface area contributed by atoms with Gasteiger partial charge < -0.3 is 0 Å². The lowest BCUT2D eigenvalue weighted by Crippen LogP contribution is -2.35. The van der Waals surface area contributed by atoms with E-state index in [2.05, 4.69) is 4.18 Å². The van der Waals surface area contributed by atoms with Gasteiger partial charge in [0.25, 0.3) is 10.1 Å². The van der Waals surface area contributed by atoms with Crippen molar-refractivity contribution >= 4 is 10.1 Å². The molecule has 5 heteroatoms. The number of nitriles is 1. The highest BCUT2D eigenvalue weighted by Crippen LogP contribution is 2.41. The summed E-state index contributed by atoms with van der Waals surface area (Å²) in [6.07, 6.45) is 2.28. The quantitative estimate of drug-likeness (QED) is 0.611. The summed E-state index contributed by atoms with van der Waals surface area (Å²) < 4.78 is 26.3. The van der Waals surface area contributed by atoms with E-state index < -0.39 is 15.5 Å². The molecule has 0 aromatic carbocycles. The normalized spacial score (nSPS) is 21.0. The van der Waals surface area contributed by atoms with E-state index in [0.717, 1.165) is 13.5 Å². The molecule has 0 radical (unpaired) electrons. The monoisotopic (exact) mass is 189 g/mol. The molecule has 0 amide bonds. The van der Waals surface area contributed by atoms with Crippen molar-refractivity contribution in [3.63, 3.8) is 0 Å². The first-order chi connectivity index (χ1) is 5.54. The average Bonchev–Trinajstić information content (AvgIpc) is 1.97. The van der Waals surface area contributed by atoms with E-state index in [1.807, 2.05) is 6.07 Å². The van der Waals surface area contributed by atoms with Gasteiger partial charge in [-0.15, -0.1) is 0 Å². The van der Waals surface area contributed by atoms with Gasteiger partial charge >= 0.3 is 0 Å². The zero-order chi connectivity index (χ0) is 9.24. The van der Waals surface area contributed by atoms with Gasteiger partial charge in [-0.05, 0) is 12.8 Å². The highest BCUT2D eigenvalue weighted by atomic mass is 32.2.